The summed E-state index contributed by atoms with van der Waals surface area (Å²) < 4.78 is 11.4. The average Bonchev–Trinajstić information content (AvgIpc) is 3.76. The van der Waals surface area contributed by atoms with Crippen LogP contribution in [0.5, 0.6) is 11.5 Å². The molecule has 15 nitrogen and oxygen atoms in total. The molecule has 0 amide bonds. The molecule has 0 atom stereocenters. The number of nitrogens with two attached hydrogens (primary N) is 2. The molecule has 0 aliphatic carbocycles. The van der Waals surface area contributed by atoms with E-state index in [0.717, 1.165) is 33.6 Å². The van der Waals surface area contributed by atoms with Gasteiger partial charge >= 0.3 is 0 Å². The van der Waals surface area contributed by atoms with Gasteiger partial charge in [0.05, 0.1) is 36.1 Å². The van der Waals surface area contributed by atoms with Gasteiger partial charge in [0.15, 0.2) is 0 Å². The molecule has 4 aromatic carbocycles. The molecule has 0 unspecified atom stereocenters. The van der Waals surface area contributed by atoms with Crippen LogP contribution < -0.4 is 31.6 Å². The topological polar surface area (TPSA) is 224 Å². The normalized spacial score (nSPS) is 10.5. The molecule has 3 aromatic heterocycles. The zero-order chi connectivity index (χ0) is 40.1. The molecule has 0 saturated carbocycles. The van der Waals surface area contributed by atoms with Crippen LogP contribution in [0.1, 0.15) is 16.7 Å². The van der Waals surface area contributed by atoms with Gasteiger partial charge in [0, 0.05) is 38.9 Å². The van der Waals surface area contributed by atoms with Gasteiger partial charge in [-0.25, -0.2) is 9.97 Å². The molecule has 0 aliphatic rings. The van der Waals surface area contributed by atoms with Crippen molar-refractivity contribution in [3.8, 4) is 51.5 Å². The van der Waals surface area contributed by atoms with Crippen molar-refractivity contribution in [1.82, 2.24) is 40.6 Å². The molecule has 17 heteroatoms. The number of halogens is 2. The Hall–Kier alpha value is -7.02. The molecule has 0 bridgehead atoms. The van der Waals surface area contributed by atoms with Gasteiger partial charge in [-0.3, -0.25) is 0 Å². The van der Waals surface area contributed by atoms with Gasteiger partial charge < -0.3 is 31.6 Å². The fourth-order valence-electron chi connectivity index (χ4n) is 5.46. The minimum absolute atomic E-state index is 0.183. The second-order valence-corrected chi connectivity index (χ2v) is 13.1. The van der Waals surface area contributed by atoms with E-state index in [4.69, 9.17) is 49.4 Å². The third-order valence-electron chi connectivity index (χ3n) is 8.37. The number of nitrogens with zero attached hydrogens (tertiary/aromatic N) is 8. The van der Waals surface area contributed by atoms with Gasteiger partial charge in [-0.05, 0) is 90.9 Å². The number of ether oxygens (including phenoxy) is 2. The number of nitriles is 1. The van der Waals surface area contributed by atoms with Gasteiger partial charge in [0.25, 0.3) is 0 Å². The highest BCUT2D eigenvalue weighted by atomic mass is 35.5. The summed E-state index contributed by atoms with van der Waals surface area (Å²) in [5, 5.41) is 30.4. The Bertz CT molecular complexity index is 2460. The summed E-state index contributed by atoms with van der Waals surface area (Å²) in [5.41, 5.74) is 18.3. The van der Waals surface area contributed by atoms with Gasteiger partial charge in [-0.2, -0.15) is 20.4 Å². The average molecular weight is 803 g/mol. The van der Waals surface area contributed by atoms with Crippen molar-refractivity contribution in [1.29, 1.82) is 5.26 Å². The number of hydrogen-bond acceptors (Lipinski definition) is 14. The molecule has 0 aliphatic heterocycles. The highest BCUT2D eigenvalue weighted by molar-refractivity contribution is 6.32. The smallest absolute Gasteiger partial charge is 0.222 e. The lowest BCUT2D eigenvalue weighted by Gasteiger charge is -2.11. The van der Waals surface area contributed by atoms with Gasteiger partial charge in [-0.15, -0.1) is 10.2 Å². The van der Waals surface area contributed by atoms with Crippen molar-refractivity contribution in [2.24, 2.45) is 0 Å². The Kier molecular flexibility index (Phi) is 13.2. The van der Waals surface area contributed by atoms with Crippen LogP contribution in [0.15, 0.2) is 97.1 Å². The van der Waals surface area contributed by atoms with E-state index in [1.165, 1.54) is 0 Å². The minimum atomic E-state index is 0.183. The Morgan fingerprint density at radius 2 is 1.18 bits per heavy atom. The lowest BCUT2D eigenvalue weighted by Crippen LogP contribution is -2.13. The number of hydrogen-bond donors (Lipinski definition) is 5. The number of tetrazole rings is 1. The third kappa shape index (κ3) is 10.8. The lowest BCUT2D eigenvalue weighted by molar-refractivity contribution is 0.332. The standard InChI is InChI=1S/C20H19ClN8O.C20H18ClN5O/c1-12-15(3-2-4-16(12)21)17-11-18(25-20(22)24-17)23-9-10-30-14-7-5-13(6-8-14)19-26-28-29-27-19;1-13-16(3-2-4-17(13)21)18-11-19(26-20(23)25-18)24-9-10-27-15-7-5-14(12-22)6-8-15/h2-8,11H,9-10H2,1H3,(H3,22,23,24,25)(H,26,27,28,29);2-8,11H,9-10H2,1H3,(H3,23,24,25,26). The fraction of sp³-hybridized carbons (Fsp3) is 0.150. The van der Waals surface area contributed by atoms with Crippen molar-refractivity contribution >= 4 is 46.7 Å². The van der Waals surface area contributed by atoms with Crippen molar-refractivity contribution in [2.75, 3.05) is 48.4 Å². The van der Waals surface area contributed by atoms with E-state index in [9.17, 15) is 0 Å². The third-order valence-corrected chi connectivity index (χ3v) is 9.19. The van der Waals surface area contributed by atoms with Crippen molar-refractivity contribution in [2.45, 2.75) is 13.8 Å². The highest BCUT2D eigenvalue weighted by Crippen LogP contribution is 2.30. The summed E-state index contributed by atoms with van der Waals surface area (Å²) in [6.07, 6.45) is 0. The number of aromatic amines is 1. The summed E-state index contributed by atoms with van der Waals surface area (Å²) in [6.45, 7) is 5.83. The van der Waals surface area contributed by atoms with Gasteiger partial charge in [0.2, 0.25) is 17.7 Å². The Morgan fingerprint density at radius 3 is 1.63 bits per heavy atom. The predicted molar refractivity (Wildman–Crippen MR) is 222 cm³/mol. The van der Waals surface area contributed by atoms with E-state index < -0.39 is 0 Å². The van der Waals surface area contributed by atoms with Crippen molar-refractivity contribution in [3.63, 3.8) is 0 Å². The number of anilines is 4. The number of benzene rings is 4. The van der Waals surface area contributed by atoms with Crippen LogP contribution in [0, 0.1) is 25.2 Å². The van der Waals surface area contributed by atoms with Crippen LogP contribution in [0.4, 0.5) is 23.5 Å². The summed E-state index contributed by atoms with van der Waals surface area (Å²) in [4.78, 5) is 17.1. The number of nitrogen functional groups attached to an aromatic ring is 2. The van der Waals surface area contributed by atoms with E-state index in [1.807, 2.05) is 86.6 Å². The summed E-state index contributed by atoms with van der Waals surface area (Å²) in [6, 6.07) is 31.5. The summed E-state index contributed by atoms with van der Waals surface area (Å²) in [5.74, 6) is 3.58. The van der Waals surface area contributed by atoms with E-state index in [2.05, 4.69) is 57.3 Å². The van der Waals surface area contributed by atoms with Crippen LogP contribution in [-0.4, -0.2) is 66.9 Å². The molecular formula is C40H37Cl2N13O2. The van der Waals surface area contributed by atoms with Gasteiger partial charge in [-0.1, -0.05) is 47.5 Å². The maximum atomic E-state index is 8.80. The Labute approximate surface area is 338 Å². The van der Waals surface area contributed by atoms with E-state index in [1.54, 1.807) is 24.3 Å². The Morgan fingerprint density at radius 1 is 0.684 bits per heavy atom. The van der Waals surface area contributed by atoms with E-state index >= 15 is 0 Å². The van der Waals surface area contributed by atoms with Crippen LogP contribution in [0.25, 0.3) is 33.9 Å². The summed E-state index contributed by atoms with van der Waals surface area (Å²) in [7, 11) is 0. The van der Waals surface area contributed by atoms with E-state index in [-0.39, 0.29) is 11.9 Å². The molecule has 7 rings (SSSR count). The molecule has 7 N–H and O–H groups in total. The Balaban J connectivity index is 0.000000194. The molecule has 0 fully saturated rings. The first kappa shape index (κ1) is 39.7. The monoisotopic (exact) mass is 801 g/mol. The quantitative estimate of drug-likeness (QED) is 0.0716. The van der Waals surface area contributed by atoms with Crippen LogP contribution in [0.2, 0.25) is 10.0 Å². The molecule has 57 heavy (non-hydrogen) atoms. The van der Waals surface area contributed by atoms with Crippen LogP contribution >= 0.6 is 23.2 Å². The zero-order valence-electron chi connectivity index (χ0n) is 30.9. The fourth-order valence-corrected chi connectivity index (χ4v) is 5.81. The zero-order valence-corrected chi connectivity index (χ0v) is 32.4. The number of H-pyrrole nitrogens is 1. The molecule has 0 saturated heterocycles. The van der Waals surface area contributed by atoms with Crippen molar-refractivity contribution in [3.05, 3.63) is 124 Å². The molecular weight excluding hydrogens is 765 g/mol. The second kappa shape index (κ2) is 19.0. The molecule has 0 radical (unpaired) electrons. The first-order chi connectivity index (χ1) is 27.7. The molecule has 3 heterocycles. The number of rotatable bonds is 13. The second-order valence-electron chi connectivity index (χ2n) is 12.3. The molecule has 0 spiro atoms. The predicted octanol–water partition coefficient (Wildman–Crippen LogP) is 7.41. The molecule has 288 valence electrons. The first-order valence-corrected chi connectivity index (χ1v) is 18.3. The lowest BCUT2D eigenvalue weighted by atomic mass is 10.1. The number of aromatic nitrogens is 8. The maximum absolute atomic E-state index is 8.80. The summed E-state index contributed by atoms with van der Waals surface area (Å²) >= 11 is 12.4. The van der Waals surface area contributed by atoms with Crippen LogP contribution in [0.3, 0.4) is 0 Å². The first-order valence-electron chi connectivity index (χ1n) is 17.5. The SMILES string of the molecule is Cc1c(Cl)cccc1-c1cc(NCCOc2ccc(-c3nn[nH]n3)cc2)nc(N)n1.Cc1c(Cl)cccc1-c1cc(NCCOc2ccc(C#N)cc2)nc(N)n1. The molecule has 7 aromatic rings. The number of nitrogens with one attached hydrogen (secondary N) is 3. The highest BCUT2D eigenvalue weighted by Gasteiger charge is 2.11. The van der Waals surface area contributed by atoms with Crippen LogP contribution in [-0.2, 0) is 0 Å². The van der Waals surface area contributed by atoms with Gasteiger partial charge in [0.1, 0.15) is 36.3 Å². The maximum Gasteiger partial charge on any atom is 0.222 e. The largest absolute Gasteiger partial charge is 0.492 e. The van der Waals surface area contributed by atoms with E-state index in [0.29, 0.717) is 76.5 Å². The minimum Gasteiger partial charge on any atom is -0.492 e. The van der Waals surface area contributed by atoms with Crippen molar-refractivity contribution < 1.29 is 9.47 Å².